The Kier molecular flexibility index (Phi) is 4.54. The number of aliphatic hydroxyl groups is 1. The molecule has 1 rings (SSSR count). The Morgan fingerprint density at radius 1 is 1.65 bits per heavy atom. The second-order valence-electron chi connectivity index (χ2n) is 3.56. The minimum atomic E-state index is -0.977. The highest BCUT2D eigenvalue weighted by Crippen LogP contribution is 2.31. The lowest BCUT2D eigenvalue weighted by atomic mass is 10.0. The molecule has 0 amide bonds. The number of carbonyl (C=O) groups is 1. The van der Waals surface area contributed by atoms with Crippen molar-refractivity contribution in [2.45, 2.75) is 12.5 Å². The Balaban J connectivity index is 2.87. The first-order valence-electron chi connectivity index (χ1n) is 4.95. The van der Waals surface area contributed by atoms with Gasteiger partial charge in [0.2, 0.25) is 0 Å². The van der Waals surface area contributed by atoms with E-state index in [9.17, 15) is 9.90 Å². The van der Waals surface area contributed by atoms with E-state index < -0.39 is 12.1 Å². The Bertz CT molecular complexity index is 425. The van der Waals surface area contributed by atoms with Crippen LogP contribution in [-0.4, -0.2) is 18.2 Å². The number of ether oxygens (including phenoxy) is 1. The molecule has 4 nitrogen and oxygen atoms in total. The van der Waals surface area contributed by atoms with Crippen molar-refractivity contribution in [2.24, 2.45) is 0 Å². The van der Waals surface area contributed by atoms with Gasteiger partial charge in [-0.25, -0.2) is 4.79 Å². The van der Waals surface area contributed by atoms with E-state index in [1.165, 1.54) is 7.11 Å². The van der Waals surface area contributed by atoms with E-state index >= 15 is 0 Å². The number of anilines is 1. The highest BCUT2D eigenvalue weighted by molar-refractivity contribution is 6.31. The molecule has 5 heteroatoms. The van der Waals surface area contributed by atoms with Crippen LogP contribution in [0.3, 0.4) is 0 Å². The molecule has 0 aliphatic carbocycles. The predicted octanol–water partition coefficient (Wildman–Crippen LogP) is 2.07. The number of hydrogen-bond acceptors (Lipinski definition) is 4. The lowest BCUT2D eigenvalue weighted by Gasteiger charge is -2.15. The van der Waals surface area contributed by atoms with E-state index in [0.717, 1.165) is 0 Å². The molecule has 1 atom stereocenters. The van der Waals surface area contributed by atoms with Gasteiger partial charge in [-0.3, -0.25) is 0 Å². The van der Waals surface area contributed by atoms with E-state index in [0.29, 0.717) is 16.3 Å². The normalized spacial score (nSPS) is 11.9. The van der Waals surface area contributed by atoms with Crippen molar-refractivity contribution >= 4 is 23.3 Å². The Morgan fingerprint density at radius 2 is 2.29 bits per heavy atom. The molecule has 0 heterocycles. The van der Waals surface area contributed by atoms with Crippen LogP contribution in [0.4, 0.5) is 5.69 Å². The first-order chi connectivity index (χ1) is 7.97. The third-order valence-corrected chi connectivity index (χ3v) is 2.66. The third kappa shape index (κ3) is 3.22. The maximum Gasteiger partial charge on any atom is 0.333 e. The summed E-state index contributed by atoms with van der Waals surface area (Å²) in [6.45, 7) is 3.53. The number of halogens is 1. The number of nitrogens with two attached hydrogens (primary N) is 1. The third-order valence-electron chi connectivity index (χ3n) is 2.33. The first kappa shape index (κ1) is 13.5. The van der Waals surface area contributed by atoms with Crippen LogP contribution in [0.25, 0.3) is 0 Å². The van der Waals surface area contributed by atoms with Crippen molar-refractivity contribution in [3.63, 3.8) is 0 Å². The molecule has 17 heavy (non-hydrogen) atoms. The first-order valence-corrected chi connectivity index (χ1v) is 5.33. The smallest absolute Gasteiger partial charge is 0.333 e. The number of benzene rings is 1. The molecule has 92 valence electrons. The number of esters is 1. The van der Waals surface area contributed by atoms with Crippen molar-refractivity contribution in [1.29, 1.82) is 0 Å². The molecule has 0 spiro atoms. The lowest BCUT2D eigenvalue weighted by Crippen LogP contribution is -2.10. The molecular weight excluding hydrogens is 242 g/mol. The summed E-state index contributed by atoms with van der Waals surface area (Å²) in [6, 6.07) is 4.94. The minimum Gasteiger partial charge on any atom is -0.466 e. The largest absolute Gasteiger partial charge is 0.466 e. The van der Waals surface area contributed by atoms with Crippen molar-refractivity contribution in [1.82, 2.24) is 0 Å². The van der Waals surface area contributed by atoms with Gasteiger partial charge in [0.25, 0.3) is 0 Å². The predicted molar refractivity (Wildman–Crippen MR) is 66.6 cm³/mol. The average Bonchev–Trinajstić information content (AvgIpc) is 2.27. The van der Waals surface area contributed by atoms with Crippen LogP contribution in [-0.2, 0) is 9.53 Å². The number of hydrogen-bond donors (Lipinski definition) is 2. The molecule has 0 aromatic heterocycles. The van der Waals surface area contributed by atoms with Crippen molar-refractivity contribution < 1.29 is 14.6 Å². The Hall–Kier alpha value is -1.52. The van der Waals surface area contributed by atoms with Gasteiger partial charge < -0.3 is 15.6 Å². The minimum absolute atomic E-state index is 0.0284. The highest BCUT2D eigenvalue weighted by Gasteiger charge is 2.18. The Morgan fingerprint density at radius 3 is 2.82 bits per heavy atom. The van der Waals surface area contributed by atoms with Gasteiger partial charge in [0.05, 0.1) is 13.2 Å². The zero-order valence-corrected chi connectivity index (χ0v) is 10.2. The topological polar surface area (TPSA) is 72.5 Å². The van der Waals surface area contributed by atoms with E-state index in [1.54, 1.807) is 18.2 Å². The average molecular weight is 256 g/mol. The molecule has 1 aromatic carbocycles. The summed E-state index contributed by atoms with van der Waals surface area (Å²) in [5, 5.41) is 10.3. The van der Waals surface area contributed by atoms with Crippen LogP contribution >= 0.6 is 11.6 Å². The molecule has 0 aliphatic rings. The summed E-state index contributed by atoms with van der Waals surface area (Å²) in [7, 11) is 1.25. The number of carbonyl (C=O) groups excluding carboxylic acids is 1. The van der Waals surface area contributed by atoms with Gasteiger partial charge in [-0.05, 0) is 12.1 Å². The van der Waals surface area contributed by atoms with E-state index in [-0.39, 0.29) is 12.0 Å². The maximum absolute atomic E-state index is 11.2. The van der Waals surface area contributed by atoms with E-state index in [1.807, 2.05) is 0 Å². The van der Waals surface area contributed by atoms with Crippen molar-refractivity contribution in [3.8, 4) is 0 Å². The number of aliphatic hydroxyl groups excluding tert-OH is 1. The Labute approximate surface area is 105 Å². The quantitative estimate of drug-likeness (QED) is 0.491. The molecule has 0 aliphatic heterocycles. The monoisotopic (exact) mass is 255 g/mol. The molecule has 0 saturated carbocycles. The van der Waals surface area contributed by atoms with Gasteiger partial charge in [-0.15, -0.1) is 0 Å². The molecule has 0 fully saturated rings. The summed E-state index contributed by atoms with van der Waals surface area (Å²) in [6.07, 6.45) is -0.948. The van der Waals surface area contributed by atoms with Gasteiger partial charge in [-0.1, -0.05) is 24.2 Å². The van der Waals surface area contributed by atoms with E-state index in [2.05, 4.69) is 11.3 Å². The molecule has 0 saturated heterocycles. The second-order valence-corrected chi connectivity index (χ2v) is 3.96. The summed E-state index contributed by atoms with van der Waals surface area (Å²) < 4.78 is 4.50. The summed E-state index contributed by atoms with van der Waals surface area (Å²) >= 11 is 5.94. The van der Waals surface area contributed by atoms with Crippen LogP contribution in [0.2, 0.25) is 5.02 Å². The fourth-order valence-corrected chi connectivity index (χ4v) is 1.78. The van der Waals surface area contributed by atoms with Crippen molar-refractivity contribution in [3.05, 3.63) is 40.9 Å². The van der Waals surface area contributed by atoms with Crippen molar-refractivity contribution in [2.75, 3.05) is 12.8 Å². The van der Waals surface area contributed by atoms with Gasteiger partial charge in [-0.2, -0.15) is 0 Å². The van der Waals surface area contributed by atoms with Gasteiger partial charge >= 0.3 is 5.97 Å². The summed E-state index contributed by atoms with van der Waals surface area (Å²) in [5.41, 5.74) is 6.66. The molecule has 0 bridgehead atoms. The molecule has 1 unspecified atom stereocenters. The van der Waals surface area contributed by atoms with Gasteiger partial charge in [0, 0.05) is 28.3 Å². The lowest BCUT2D eigenvalue weighted by molar-refractivity contribution is -0.136. The second kappa shape index (κ2) is 5.70. The number of rotatable bonds is 4. The zero-order valence-electron chi connectivity index (χ0n) is 9.44. The van der Waals surface area contributed by atoms with Gasteiger partial charge in [0.1, 0.15) is 0 Å². The zero-order chi connectivity index (χ0) is 13.0. The molecular formula is C12H14ClNO3. The van der Waals surface area contributed by atoms with E-state index in [4.69, 9.17) is 17.3 Å². The number of nitrogen functional groups attached to an aromatic ring is 1. The fraction of sp³-hybridized carbons (Fsp3) is 0.250. The van der Waals surface area contributed by atoms with Crippen LogP contribution < -0.4 is 5.73 Å². The number of methoxy groups -OCH3 is 1. The maximum atomic E-state index is 11.2. The van der Waals surface area contributed by atoms with Crippen LogP contribution in [0.5, 0.6) is 0 Å². The van der Waals surface area contributed by atoms with Crippen LogP contribution in [0.1, 0.15) is 18.1 Å². The molecule has 0 radical (unpaired) electrons. The summed E-state index contributed by atoms with van der Waals surface area (Å²) in [4.78, 5) is 11.2. The molecule has 1 aromatic rings. The highest BCUT2D eigenvalue weighted by atomic mass is 35.5. The SMILES string of the molecule is C=C(CC(O)c1c(N)cccc1Cl)C(=O)OC. The fourth-order valence-electron chi connectivity index (χ4n) is 1.47. The summed E-state index contributed by atoms with van der Waals surface area (Å²) in [5.74, 6) is -0.560. The van der Waals surface area contributed by atoms with Crippen LogP contribution in [0, 0.1) is 0 Å². The van der Waals surface area contributed by atoms with Gasteiger partial charge in [0.15, 0.2) is 0 Å². The standard InChI is InChI=1S/C12H14ClNO3/c1-7(12(16)17-2)6-10(15)11-8(13)4-3-5-9(11)14/h3-5,10,15H,1,6,14H2,2H3. The van der Waals surface area contributed by atoms with Crippen LogP contribution in [0.15, 0.2) is 30.4 Å². The molecule has 3 N–H and O–H groups in total.